The van der Waals surface area contributed by atoms with Gasteiger partial charge in [-0.3, -0.25) is 0 Å². The van der Waals surface area contributed by atoms with E-state index in [2.05, 4.69) is 5.32 Å². The predicted molar refractivity (Wildman–Crippen MR) is 72.9 cm³/mol. The number of hydrogen-bond acceptors (Lipinski definition) is 3. The molecular formula is C15H22FNO2. The molecule has 0 radical (unpaired) electrons. The van der Waals surface area contributed by atoms with Gasteiger partial charge in [-0.1, -0.05) is 19.1 Å². The SMILES string of the molecule is CCNC(c1cccc(OC)c1F)C1CCCOC1. The first-order valence-corrected chi connectivity index (χ1v) is 6.91. The Morgan fingerprint density at radius 3 is 3.00 bits per heavy atom. The van der Waals surface area contributed by atoms with Crippen molar-refractivity contribution in [2.24, 2.45) is 5.92 Å². The Bertz CT molecular complexity index is 405. The smallest absolute Gasteiger partial charge is 0.169 e. The van der Waals surface area contributed by atoms with E-state index in [-0.39, 0.29) is 11.9 Å². The van der Waals surface area contributed by atoms with E-state index >= 15 is 0 Å². The lowest BCUT2D eigenvalue weighted by Crippen LogP contribution is -2.34. The van der Waals surface area contributed by atoms with Crippen molar-refractivity contribution in [1.82, 2.24) is 5.32 Å². The van der Waals surface area contributed by atoms with Gasteiger partial charge in [0.1, 0.15) is 0 Å². The fraction of sp³-hybridized carbons (Fsp3) is 0.600. The van der Waals surface area contributed by atoms with Gasteiger partial charge < -0.3 is 14.8 Å². The summed E-state index contributed by atoms with van der Waals surface area (Å²) in [5.74, 6) is 0.356. The van der Waals surface area contributed by atoms with E-state index in [1.165, 1.54) is 7.11 Å². The highest BCUT2D eigenvalue weighted by Crippen LogP contribution is 2.33. The molecule has 1 aliphatic rings. The molecule has 2 unspecified atom stereocenters. The van der Waals surface area contributed by atoms with Crippen molar-refractivity contribution in [3.63, 3.8) is 0 Å². The first kappa shape index (κ1) is 14.3. The van der Waals surface area contributed by atoms with Gasteiger partial charge in [-0.25, -0.2) is 4.39 Å². The van der Waals surface area contributed by atoms with Crippen molar-refractivity contribution in [2.45, 2.75) is 25.8 Å². The van der Waals surface area contributed by atoms with E-state index in [1.54, 1.807) is 6.07 Å². The number of ether oxygens (including phenoxy) is 2. The van der Waals surface area contributed by atoms with Crippen LogP contribution in [0.15, 0.2) is 18.2 Å². The molecule has 19 heavy (non-hydrogen) atoms. The Morgan fingerprint density at radius 1 is 1.53 bits per heavy atom. The molecule has 1 saturated heterocycles. The second-order valence-electron chi connectivity index (χ2n) is 4.88. The van der Waals surface area contributed by atoms with E-state index in [1.807, 2.05) is 19.1 Å². The van der Waals surface area contributed by atoms with Crippen molar-refractivity contribution in [1.29, 1.82) is 0 Å². The third kappa shape index (κ3) is 3.25. The molecule has 106 valence electrons. The highest BCUT2D eigenvalue weighted by atomic mass is 19.1. The van der Waals surface area contributed by atoms with Crippen LogP contribution in [0, 0.1) is 11.7 Å². The molecule has 2 atom stereocenters. The summed E-state index contributed by atoms with van der Waals surface area (Å²) in [7, 11) is 1.49. The van der Waals surface area contributed by atoms with Gasteiger partial charge in [0, 0.05) is 24.1 Å². The summed E-state index contributed by atoms with van der Waals surface area (Å²) in [4.78, 5) is 0. The first-order valence-electron chi connectivity index (χ1n) is 6.91. The fourth-order valence-electron chi connectivity index (χ4n) is 2.70. The molecule has 3 nitrogen and oxygen atoms in total. The number of halogens is 1. The molecular weight excluding hydrogens is 245 g/mol. The van der Waals surface area contributed by atoms with Gasteiger partial charge in [-0.2, -0.15) is 0 Å². The minimum atomic E-state index is -0.262. The largest absolute Gasteiger partial charge is 0.494 e. The minimum absolute atomic E-state index is 0.0135. The molecule has 1 aromatic rings. The van der Waals surface area contributed by atoms with Crippen molar-refractivity contribution >= 4 is 0 Å². The molecule has 1 heterocycles. The lowest BCUT2D eigenvalue weighted by Gasteiger charge is -2.31. The van der Waals surface area contributed by atoms with Gasteiger partial charge >= 0.3 is 0 Å². The van der Waals surface area contributed by atoms with Crippen LogP contribution in [0.3, 0.4) is 0 Å². The topological polar surface area (TPSA) is 30.5 Å². The zero-order chi connectivity index (χ0) is 13.7. The third-order valence-corrected chi connectivity index (χ3v) is 3.64. The van der Waals surface area contributed by atoms with Crippen molar-refractivity contribution in [2.75, 3.05) is 26.9 Å². The summed E-state index contributed by atoms with van der Waals surface area (Å²) >= 11 is 0. The number of nitrogens with one attached hydrogen (secondary N) is 1. The second kappa shape index (κ2) is 6.87. The molecule has 1 aliphatic heterocycles. The van der Waals surface area contributed by atoms with Crippen molar-refractivity contribution < 1.29 is 13.9 Å². The third-order valence-electron chi connectivity index (χ3n) is 3.64. The summed E-state index contributed by atoms with van der Waals surface area (Å²) < 4.78 is 25.0. The Kier molecular flexibility index (Phi) is 5.16. The lowest BCUT2D eigenvalue weighted by molar-refractivity contribution is 0.0387. The summed E-state index contributed by atoms with van der Waals surface area (Å²) in [6.45, 7) is 4.34. The number of methoxy groups -OCH3 is 1. The maximum Gasteiger partial charge on any atom is 0.169 e. The average molecular weight is 267 g/mol. The van der Waals surface area contributed by atoms with Crippen molar-refractivity contribution in [3.8, 4) is 5.75 Å². The maximum atomic E-state index is 14.4. The predicted octanol–water partition coefficient (Wildman–Crippen LogP) is 2.91. The van der Waals surface area contributed by atoms with Gasteiger partial charge in [0.05, 0.1) is 13.7 Å². The van der Waals surface area contributed by atoms with Gasteiger partial charge in [-0.05, 0) is 25.5 Å². The zero-order valence-corrected chi connectivity index (χ0v) is 11.6. The van der Waals surface area contributed by atoms with Gasteiger partial charge in [-0.15, -0.1) is 0 Å². The maximum absolute atomic E-state index is 14.4. The normalized spacial score (nSPS) is 21.1. The average Bonchev–Trinajstić information content (AvgIpc) is 2.46. The standard InChI is InChI=1S/C15H22FNO2/c1-3-17-15(11-6-5-9-19-10-11)12-7-4-8-13(18-2)14(12)16/h4,7-8,11,15,17H,3,5-6,9-10H2,1-2H3. The molecule has 0 spiro atoms. The van der Waals surface area contributed by atoms with E-state index in [0.717, 1.165) is 26.0 Å². The molecule has 0 aromatic heterocycles. The van der Waals surface area contributed by atoms with E-state index in [9.17, 15) is 4.39 Å². The van der Waals surface area contributed by atoms with Crippen LogP contribution in [0.2, 0.25) is 0 Å². The van der Waals surface area contributed by atoms with Crippen LogP contribution >= 0.6 is 0 Å². The molecule has 1 aromatic carbocycles. The summed E-state index contributed by atoms with van der Waals surface area (Å²) in [6.07, 6.45) is 2.10. The molecule has 2 rings (SSSR count). The van der Waals surface area contributed by atoms with Crippen LogP contribution in [-0.2, 0) is 4.74 Å². The van der Waals surface area contributed by atoms with Crippen LogP contribution < -0.4 is 10.1 Å². The van der Waals surface area contributed by atoms with Crippen LogP contribution in [0.1, 0.15) is 31.4 Å². The summed E-state index contributed by atoms with van der Waals surface area (Å²) in [5.41, 5.74) is 0.678. The van der Waals surface area contributed by atoms with Gasteiger partial charge in [0.2, 0.25) is 0 Å². The Hall–Kier alpha value is -1.13. The van der Waals surface area contributed by atoms with Crippen LogP contribution in [0.5, 0.6) is 5.75 Å². The highest BCUT2D eigenvalue weighted by Gasteiger charge is 2.28. The summed E-state index contributed by atoms with van der Waals surface area (Å²) in [6, 6.07) is 5.31. The fourth-order valence-corrected chi connectivity index (χ4v) is 2.70. The van der Waals surface area contributed by atoms with Crippen LogP contribution in [0.25, 0.3) is 0 Å². The van der Waals surface area contributed by atoms with Crippen LogP contribution in [0.4, 0.5) is 4.39 Å². The molecule has 1 fully saturated rings. The monoisotopic (exact) mass is 267 g/mol. The number of benzene rings is 1. The Labute approximate surface area is 114 Å². The second-order valence-corrected chi connectivity index (χ2v) is 4.88. The zero-order valence-electron chi connectivity index (χ0n) is 11.6. The van der Waals surface area contributed by atoms with Gasteiger partial charge in [0.25, 0.3) is 0 Å². The summed E-state index contributed by atoms with van der Waals surface area (Å²) in [5, 5.41) is 3.39. The molecule has 0 aliphatic carbocycles. The molecule has 0 saturated carbocycles. The molecule has 0 bridgehead atoms. The van der Waals surface area contributed by atoms with E-state index in [4.69, 9.17) is 9.47 Å². The lowest BCUT2D eigenvalue weighted by atomic mass is 9.88. The minimum Gasteiger partial charge on any atom is -0.494 e. The first-order chi connectivity index (χ1) is 9.27. The molecule has 4 heteroatoms. The van der Waals surface area contributed by atoms with E-state index < -0.39 is 0 Å². The van der Waals surface area contributed by atoms with Crippen molar-refractivity contribution in [3.05, 3.63) is 29.6 Å². The molecule has 1 N–H and O–H groups in total. The van der Waals surface area contributed by atoms with Gasteiger partial charge in [0.15, 0.2) is 11.6 Å². The Morgan fingerprint density at radius 2 is 2.37 bits per heavy atom. The number of hydrogen-bond donors (Lipinski definition) is 1. The quantitative estimate of drug-likeness (QED) is 0.889. The Balaban J connectivity index is 2.27. The van der Waals surface area contributed by atoms with E-state index in [0.29, 0.717) is 23.8 Å². The highest BCUT2D eigenvalue weighted by molar-refractivity contribution is 5.33. The molecule has 0 amide bonds. The van der Waals surface area contributed by atoms with Crippen LogP contribution in [-0.4, -0.2) is 26.9 Å². The number of rotatable bonds is 5.